The molecular formula is C16H21ClFN3. The predicted molar refractivity (Wildman–Crippen MR) is 84.2 cm³/mol. The van der Waals surface area contributed by atoms with Crippen molar-refractivity contribution in [2.45, 2.75) is 32.7 Å². The van der Waals surface area contributed by atoms with Gasteiger partial charge in [0.25, 0.3) is 0 Å². The van der Waals surface area contributed by atoms with E-state index in [-0.39, 0.29) is 11.9 Å². The van der Waals surface area contributed by atoms with Crippen LogP contribution in [0.25, 0.3) is 0 Å². The van der Waals surface area contributed by atoms with Crippen molar-refractivity contribution in [2.75, 3.05) is 6.54 Å². The summed E-state index contributed by atoms with van der Waals surface area (Å²) in [4.78, 5) is 0. The molecule has 0 bridgehead atoms. The van der Waals surface area contributed by atoms with Crippen molar-refractivity contribution in [1.82, 2.24) is 15.1 Å². The number of hydrogen-bond donors (Lipinski definition) is 1. The van der Waals surface area contributed by atoms with Crippen LogP contribution in [0.1, 0.15) is 23.9 Å². The number of halogens is 2. The van der Waals surface area contributed by atoms with E-state index in [0.29, 0.717) is 11.4 Å². The first kappa shape index (κ1) is 16.0. The lowest BCUT2D eigenvalue weighted by Crippen LogP contribution is -2.34. The Kier molecular flexibility index (Phi) is 5.37. The van der Waals surface area contributed by atoms with Gasteiger partial charge in [0.15, 0.2) is 0 Å². The minimum atomic E-state index is -0.160. The molecule has 114 valence electrons. The van der Waals surface area contributed by atoms with Crippen LogP contribution in [-0.4, -0.2) is 22.4 Å². The van der Waals surface area contributed by atoms with E-state index in [9.17, 15) is 4.39 Å². The van der Waals surface area contributed by atoms with Crippen molar-refractivity contribution in [2.24, 2.45) is 7.05 Å². The normalized spacial score (nSPS) is 12.6. The van der Waals surface area contributed by atoms with Gasteiger partial charge in [0, 0.05) is 19.5 Å². The molecule has 1 atom stereocenters. The average molecular weight is 310 g/mol. The highest BCUT2D eigenvalue weighted by molar-refractivity contribution is 6.31. The van der Waals surface area contributed by atoms with Crippen LogP contribution < -0.4 is 5.32 Å². The van der Waals surface area contributed by atoms with Gasteiger partial charge in [-0.15, -0.1) is 0 Å². The van der Waals surface area contributed by atoms with Gasteiger partial charge in [0.2, 0.25) is 0 Å². The van der Waals surface area contributed by atoms with Gasteiger partial charge in [0.1, 0.15) is 5.82 Å². The van der Waals surface area contributed by atoms with E-state index in [2.05, 4.69) is 10.4 Å². The van der Waals surface area contributed by atoms with E-state index in [1.165, 1.54) is 6.07 Å². The fourth-order valence-electron chi connectivity index (χ4n) is 2.57. The second-order valence-corrected chi connectivity index (χ2v) is 5.60. The molecule has 1 unspecified atom stereocenters. The van der Waals surface area contributed by atoms with E-state index in [1.807, 2.05) is 37.7 Å². The van der Waals surface area contributed by atoms with Crippen LogP contribution in [0.3, 0.4) is 0 Å². The fraction of sp³-hybridized carbons (Fsp3) is 0.438. The minimum Gasteiger partial charge on any atom is -0.314 e. The van der Waals surface area contributed by atoms with Crippen molar-refractivity contribution >= 4 is 11.6 Å². The van der Waals surface area contributed by atoms with Gasteiger partial charge >= 0.3 is 0 Å². The topological polar surface area (TPSA) is 29.9 Å². The Morgan fingerprint density at radius 3 is 2.62 bits per heavy atom. The molecule has 1 N–H and O–H groups in total. The summed E-state index contributed by atoms with van der Waals surface area (Å²) in [6.07, 6.45) is 1.35. The van der Waals surface area contributed by atoms with Crippen LogP contribution in [-0.2, 0) is 19.9 Å². The molecule has 1 aromatic carbocycles. The number of nitrogens with one attached hydrogen (secondary N) is 1. The molecule has 3 nitrogen and oxygen atoms in total. The summed E-state index contributed by atoms with van der Waals surface area (Å²) in [5.74, 6) is -0.160. The third kappa shape index (κ3) is 3.83. The fourth-order valence-corrected chi connectivity index (χ4v) is 2.81. The number of aryl methyl sites for hydroxylation is 2. The Morgan fingerprint density at radius 1 is 1.33 bits per heavy atom. The maximum absolute atomic E-state index is 13.8. The number of aromatic nitrogens is 2. The van der Waals surface area contributed by atoms with Crippen LogP contribution >= 0.6 is 11.6 Å². The van der Waals surface area contributed by atoms with Gasteiger partial charge in [-0.2, -0.15) is 5.10 Å². The van der Waals surface area contributed by atoms with E-state index in [4.69, 9.17) is 11.6 Å². The smallest absolute Gasteiger partial charge is 0.126 e. The summed E-state index contributed by atoms with van der Waals surface area (Å²) in [5, 5.41) is 8.44. The Balaban J connectivity index is 2.18. The summed E-state index contributed by atoms with van der Waals surface area (Å²) in [7, 11) is 1.89. The molecule has 2 aromatic rings. The predicted octanol–water partition coefficient (Wildman–Crippen LogP) is 3.28. The molecule has 1 aromatic heterocycles. The van der Waals surface area contributed by atoms with Crippen molar-refractivity contribution < 1.29 is 4.39 Å². The van der Waals surface area contributed by atoms with E-state index in [1.54, 1.807) is 6.07 Å². The Labute approximate surface area is 130 Å². The van der Waals surface area contributed by atoms with Crippen LogP contribution in [0.5, 0.6) is 0 Å². The van der Waals surface area contributed by atoms with Gasteiger partial charge < -0.3 is 5.32 Å². The van der Waals surface area contributed by atoms with Gasteiger partial charge in [-0.3, -0.25) is 4.68 Å². The maximum Gasteiger partial charge on any atom is 0.126 e. The lowest BCUT2D eigenvalue weighted by Gasteiger charge is -2.18. The Morgan fingerprint density at radius 2 is 2.05 bits per heavy atom. The zero-order valence-corrected chi connectivity index (χ0v) is 13.4. The number of likely N-dealkylation sites (N-methyl/N-ethyl adjacent to an activating group) is 1. The Hall–Kier alpha value is -1.39. The molecule has 21 heavy (non-hydrogen) atoms. The highest BCUT2D eigenvalue weighted by Crippen LogP contribution is 2.22. The number of rotatable bonds is 6. The minimum absolute atomic E-state index is 0.124. The first-order chi connectivity index (χ1) is 10.0. The van der Waals surface area contributed by atoms with Gasteiger partial charge in [-0.25, -0.2) is 4.39 Å². The second kappa shape index (κ2) is 7.05. The zero-order chi connectivity index (χ0) is 15.4. The lowest BCUT2D eigenvalue weighted by molar-refractivity contribution is 0.492. The molecule has 0 aliphatic carbocycles. The van der Waals surface area contributed by atoms with Crippen molar-refractivity contribution in [3.63, 3.8) is 0 Å². The molecule has 0 aliphatic heterocycles. The molecule has 0 aliphatic rings. The Bertz CT molecular complexity index is 610. The summed E-state index contributed by atoms with van der Waals surface area (Å²) in [6, 6.07) is 7.03. The molecule has 0 spiro atoms. The first-order valence-corrected chi connectivity index (χ1v) is 7.55. The van der Waals surface area contributed by atoms with Gasteiger partial charge in [-0.05, 0) is 31.5 Å². The lowest BCUT2D eigenvalue weighted by atomic mass is 10.0. The molecule has 0 amide bonds. The molecule has 5 heteroatoms. The van der Waals surface area contributed by atoms with Gasteiger partial charge in [-0.1, -0.05) is 36.7 Å². The number of hydrogen-bond acceptors (Lipinski definition) is 2. The third-order valence-electron chi connectivity index (χ3n) is 3.62. The van der Waals surface area contributed by atoms with Crippen molar-refractivity contribution in [3.8, 4) is 0 Å². The molecule has 1 heterocycles. The van der Waals surface area contributed by atoms with E-state index in [0.717, 1.165) is 29.9 Å². The summed E-state index contributed by atoms with van der Waals surface area (Å²) < 4.78 is 15.6. The van der Waals surface area contributed by atoms with E-state index >= 15 is 0 Å². The SMILES string of the molecule is CCNC(Cc1ccccc1F)Cc1c(Cl)c(C)nn1C. The highest BCUT2D eigenvalue weighted by Gasteiger charge is 2.18. The van der Waals surface area contributed by atoms with Crippen LogP contribution in [0, 0.1) is 12.7 Å². The molecule has 0 saturated heterocycles. The zero-order valence-electron chi connectivity index (χ0n) is 12.7. The highest BCUT2D eigenvalue weighted by atomic mass is 35.5. The number of nitrogens with zero attached hydrogens (tertiary/aromatic N) is 2. The molecule has 0 saturated carbocycles. The maximum atomic E-state index is 13.8. The van der Waals surface area contributed by atoms with Crippen molar-refractivity contribution in [3.05, 3.63) is 52.1 Å². The first-order valence-electron chi connectivity index (χ1n) is 7.17. The van der Waals surface area contributed by atoms with Crippen LogP contribution in [0.4, 0.5) is 4.39 Å². The third-order valence-corrected chi connectivity index (χ3v) is 4.11. The summed E-state index contributed by atoms with van der Waals surface area (Å²) in [6.45, 7) is 4.77. The standard InChI is InChI=1S/C16H21ClFN3/c1-4-19-13(9-12-7-5-6-8-14(12)18)10-15-16(17)11(2)20-21(15)3/h5-8,13,19H,4,9-10H2,1-3H3. The largest absolute Gasteiger partial charge is 0.314 e. The average Bonchev–Trinajstić information content (AvgIpc) is 2.68. The quantitative estimate of drug-likeness (QED) is 0.887. The van der Waals surface area contributed by atoms with Gasteiger partial charge in [0.05, 0.1) is 16.4 Å². The van der Waals surface area contributed by atoms with Crippen LogP contribution in [0.15, 0.2) is 24.3 Å². The second-order valence-electron chi connectivity index (χ2n) is 5.22. The van der Waals surface area contributed by atoms with Crippen LogP contribution in [0.2, 0.25) is 5.02 Å². The van der Waals surface area contributed by atoms with Crippen molar-refractivity contribution in [1.29, 1.82) is 0 Å². The number of benzene rings is 1. The molecular weight excluding hydrogens is 289 g/mol. The monoisotopic (exact) mass is 309 g/mol. The summed E-state index contributed by atoms with van der Waals surface area (Å²) in [5.41, 5.74) is 2.53. The summed E-state index contributed by atoms with van der Waals surface area (Å²) >= 11 is 6.31. The van der Waals surface area contributed by atoms with E-state index < -0.39 is 0 Å². The molecule has 0 fully saturated rings. The molecule has 0 radical (unpaired) electrons. The molecule has 2 rings (SSSR count).